The van der Waals surface area contributed by atoms with Gasteiger partial charge in [0.15, 0.2) is 5.78 Å². The summed E-state index contributed by atoms with van der Waals surface area (Å²) < 4.78 is 52.6. The van der Waals surface area contributed by atoms with Crippen LogP contribution in [0.4, 0.5) is 11.4 Å². The van der Waals surface area contributed by atoms with Gasteiger partial charge in [0.25, 0.3) is 0 Å². The first-order valence-electron chi connectivity index (χ1n) is 7.71. The molecule has 7 nitrogen and oxygen atoms in total. The summed E-state index contributed by atoms with van der Waals surface area (Å²) in [5.74, 6) is -2.77. The molecule has 9 heteroatoms. The maximum Gasteiger partial charge on any atom is 0.239 e. The SMILES string of the molecule is Cc1ccc(NS(=O)(=O)CC(=O)CS(=O)(=O)Nc2ccc(C)cc2)cc1. The monoisotopic (exact) mass is 396 g/mol. The van der Waals surface area contributed by atoms with E-state index in [1.165, 1.54) is 0 Å². The molecule has 0 saturated carbocycles. The summed E-state index contributed by atoms with van der Waals surface area (Å²) in [5, 5.41) is 0. The van der Waals surface area contributed by atoms with Gasteiger partial charge in [-0.2, -0.15) is 0 Å². The average Bonchev–Trinajstić information content (AvgIpc) is 2.50. The predicted molar refractivity (Wildman–Crippen MR) is 102 cm³/mol. The molecule has 2 rings (SSSR count). The molecule has 0 atom stereocenters. The third-order valence-corrected chi connectivity index (χ3v) is 5.85. The second-order valence-electron chi connectivity index (χ2n) is 5.99. The van der Waals surface area contributed by atoms with Crippen molar-refractivity contribution in [1.82, 2.24) is 0 Å². The highest BCUT2D eigenvalue weighted by atomic mass is 32.2. The van der Waals surface area contributed by atoms with Crippen LogP contribution in [-0.2, 0) is 24.8 Å². The topological polar surface area (TPSA) is 109 Å². The number of rotatable bonds is 8. The van der Waals surface area contributed by atoms with Gasteiger partial charge in [-0.15, -0.1) is 0 Å². The van der Waals surface area contributed by atoms with Gasteiger partial charge >= 0.3 is 0 Å². The van der Waals surface area contributed by atoms with E-state index in [9.17, 15) is 21.6 Å². The number of nitrogens with one attached hydrogen (secondary N) is 2. The van der Waals surface area contributed by atoms with Crippen molar-refractivity contribution in [3.05, 3.63) is 59.7 Å². The van der Waals surface area contributed by atoms with Crippen molar-refractivity contribution >= 4 is 37.2 Å². The molecule has 2 aromatic carbocycles. The number of aryl methyl sites for hydroxylation is 2. The van der Waals surface area contributed by atoms with Gasteiger partial charge in [0, 0.05) is 11.4 Å². The number of hydrogen-bond donors (Lipinski definition) is 2. The van der Waals surface area contributed by atoms with Gasteiger partial charge in [-0.1, -0.05) is 35.4 Å². The Bertz CT molecular complexity index is 899. The van der Waals surface area contributed by atoms with Gasteiger partial charge in [-0.05, 0) is 38.1 Å². The van der Waals surface area contributed by atoms with Crippen LogP contribution in [0.3, 0.4) is 0 Å². The fraction of sp³-hybridized carbons (Fsp3) is 0.235. The lowest BCUT2D eigenvalue weighted by Crippen LogP contribution is -2.30. The summed E-state index contributed by atoms with van der Waals surface area (Å²) in [6.45, 7) is 3.71. The summed E-state index contributed by atoms with van der Waals surface area (Å²) in [7, 11) is -7.98. The van der Waals surface area contributed by atoms with Crippen molar-refractivity contribution in [2.24, 2.45) is 0 Å². The molecule has 0 aliphatic carbocycles. The fourth-order valence-electron chi connectivity index (χ4n) is 2.14. The molecule has 2 aromatic rings. The molecular formula is C17H20N2O5S2. The quantitative estimate of drug-likeness (QED) is 0.710. The summed E-state index contributed by atoms with van der Waals surface area (Å²) in [5.41, 5.74) is 2.53. The van der Waals surface area contributed by atoms with E-state index in [2.05, 4.69) is 9.44 Å². The Labute approximate surface area is 153 Å². The average molecular weight is 396 g/mol. The van der Waals surface area contributed by atoms with Gasteiger partial charge < -0.3 is 0 Å². The summed E-state index contributed by atoms with van der Waals surface area (Å²) >= 11 is 0. The minimum Gasteiger partial charge on any atom is -0.297 e. The molecule has 0 radical (unpaired) electrons. The van der Waals surface area contributed by atoms with Gasteiger partial charge in [0.2, 0.25) is 20.0 Å². The molecule has 0 saturated heterocycles. The molecule has 0 bridgehead atoms. The zero-order valence-electron chi connectivity index (χ0n) is 14.4. The smallest absolute Gasteiger partial charge is 0.239 e. The highest BCUT2D eigenvalue weighted by Crippen LogP contribution is 2.12. The van der Waals surface area contributed by atoms with Crippen LogP contribution in [0.2, 0.25) is 0 Å². The molecule has 140 valence electrons. The second-order valence-corrected chi connectivity index (χ2v) is 9.44. The van der Waals surface area contributed by atoms with Crippen molar-refractivity contribution in [2.45, 2.75) is 13.8 Å². The van der Waals surface area contributed by atoms with Crippen LogP contribution in [0.5, 0.6) is 0 Å². The highest BCUT2D eigenvalue weighted by molar-refractivity contribution is 7.95. The van der Waals surface area contributed by atoms with Crippen LogP contribution in [0.1, 0.15) is 11.1 Å². The number of carbonyl (C=O) groups is 1. The first-order chi connectivity index (χ1) is 12.0. The van der Waals surface area contributed by atoms with Gasteiger partial charge in [-0.25, -0.2) is 16.8 Å². The third kappa shape index (κ3) is 6.49. The first-order valence-corrected chi connectivity index (χ1v) is 11.0. The number of sulfonamides is 2. The van der Waals surface area contributed by atoms with Gasteiger partial charge in [-0.3, -0.25) is 14.2 Å². The minimum atomic E-state index is -3.99. The van der Waals surface area contributed by atoms with Crippen LogP contribution >= 0.6 is 0 Å². The molecule has 0 aliphatic heterocycles. The fourth-order valence-corrected chi connectivity index (χ4v) is 4.46. The highest BCUT2D eigenvalue weighted by Gasteiger charge is 2.22. The second kappa shape index (κ2) is 7.88. The Morgan fingerprint density at radius 3 is 1.31 bits per heavy atom. The van der Waals surface area contributed by atoms with E-state index in [0.29, 0.717) is 11.4 Å². The van der Waals surface area contributed by atoms with Crippen LogP contribution in [-0.4, -0.2) is 34.1 Å². The van der Waals surface area contributed by atoms with Crippen LogP contribution in [0, 0.1) is 13.8 Å². The lowest BCUT2D eigenvalue weighted by molar-refractivity contribution is -0.114. The molecule has 0 heterocycles. The largest absolute Gasteiger partial charge is 0.297 e. The number of hydrogen-bond acceptors (Lipinski definition) is 5. The standard InChI is InChI=1S/C17H20N2O5S2/c1-13-3-7-15(8-4-13)18-25(21,22)11-17(20)12-26(23,24)19-16-9-5-14(2)6-10-16/h3-10,18-19H,11-12H2,1-2H3. The Morgan fingerprint density at radius 2 is 1.00 bits per heavy atom. The number of benzene rings is 2. The molecular weight excluding hydrogens is 376 g/mol. The van der Waals surface area contributed by atoms with Crippen molar-refractivity contribution in [3.8, 4) is 0 Å². The maximum atomic E-state index is 12.0. The van der Waals surface area contributed by atoms with E-state index in [4.69, 9.17) is 0 Å². The number of Topliss-reactive ketones (excluding diaryl/α,β-unsaturated/α-hetero) is 1. The molecule has 26 heavy (non-hydrogen) atoms. The van der Waals surface area contributed by atoms with Crippen molar-refractivity contribution in [1.29, 1.82) is 0 Å². The van der Waals surface area contributed by atoms with Crippen LogP contribution in [0.25, 0.3) is 0 Å². The van der Waals surface area contributed by atoms with Crippen LogP contribution < -0.4 is 9.44 Å². The zero-order valence-corrected chi connectivity index (χ0v) is 16.0. The van der Waals surface area contributed by atoms with E-state index >= 15 is 0 Å². The summed E-state index contributed by atoms with van der Waals surface area (Å²) in [6.07, 6.45) is 0. The molecule has 0 amide bonds. The number of ketones is 1. The number of anilines is 2. The van der Waals surface area contributed by atoms with E-state index < -0.39 is 37.3 Å². The molecule has 2 N–H and O–H groups in total. The van der Waals surface area contributed by atoms with Crippen molar-refractivity contribution in [2.75, 3.05) is 20.9 Å². The molecule has 0 aromatic heterocycles. The van der Waals surface area contributed by atoms with Gasteiger partial charge in [0.05, 0.1) is 0 Å². The molecule has 0 unspecified atom stereocenters. The van der Waals surface area contributed by atoms with E-state index in [-0.39, 0.29) is 0 Å². The normalized spacial score (nSPS) is 11.8. The lowest BCUT2D eigenvalue weighted by atomic mass is 10.2. The molecule has 0 fully saturated rings. The van der Waals surface area contributed by atoms with Gasteiger partial charge in [0.1, 0.15) is 11.5 Å². The number of carbonyl (C=O) groups excluding carboxylic acids is 1. The lowest BCUT2D eigenvalue weighted by Gasteiger charge is -2.09. The minimum absolute atomic E-state index is 0.309. The maximum absolute atomic E-state index is 12.0. The Hall–Kier alpha value is -2.39. The van der Waals surface area contributed by atoms with E-state index in [0.717, 1.165) is 11.1 Å². The third-order valence-electron chi connectivity index (χ3n) is 3.35. The Balaban J connectivity index is 1.97. The molecule has 0 spiro atoms. The van der Waals surface area contributed by atoms with E-state index in [1.54, 1.807) is 48.5 Å². The van der Waals surface area contributed by atoms with Crippen LogP contribution in [0.15, 0.2) is 48.5 Å². The predicted octanol–water partition coefficient (Wildman–Crippen LogP) is 2.06. The van der Waals surface area contributed by atoms with E-state index in [1.807, 2.05) is 13.8 Å². The summed E-state index contributed by atoms with van der Waals surface area (Å²) in [6, 6.07) is 13.1. The Morgan fingerprint density at radius 1 is 0.692 bits per heavy atom. The van der Waals surface area contributed by atoms with Crippen molar-refractivity contribution in [3.63, 3.8) is 0 Å². The Kier molecular flexibility index (Phi) is 6.04. The van der Waals surface area contributed by atoms with Crippen molar-refractivity contribution < 1.29 is 21.6 Å². The first kappa shape index (κ1) is 19.9. The summed E-state index contributed by atoms with van der Waals surface area (Å²) in [4.78, 5) is 11.9. The molecule has 0 aliphatic rings. The zero-order chi connectivity index (χ0) is 19.4.